The van der Waals surface area contributed by atoms with Gasteiger partial charge in [0.1, 0.15) is 0 Å². The summed E-state index contributed by atoms with van der Waals surface area (Å²) in [6, 6.07) is 12.1. The maximum absolute atomic E-state index is 12.7. The van der Waals surface area contributed by atoms with Crippen LogP contribution < -0.4 is 10.2 Å². The molecule has 136 valence electrons. The second-order valence-electron chi connectivity index (χ2n) is 6.96. The Hall–Kier alpha value is -2.47. The molecule has 1 N–H and O–H groups in total. The molecule has 6 heteroatoms. The molecule has 0 aliphatic carbocycles. The summed E-state index contributed by atoms with van der Waals surface area (Å²) in [5, 5.41) is 3.33. The Balaban J connectivity index is 1.39. The molecule has 1 amide bonds. The van der Waals surface area contributed by atoms with Gasteiger partial charge in [-0.25, -0.2) is 9.97 Å². The topological polar surface area (TPSA) is 61.4 Å². The normalized spacial score (nSPS) is 20.8. The van der Waals surface area contributed by atoms with Gasteiger partial charge in [-0.05, 0) is 25.5 Å². The van der Waals surface area contributed by atoms with Crippen LogP contribution in [0.1, 0.15) is 12.8 Å². The molecule has 0 unspecified atom stereocenters. The number of piperazine rings is 1. The minimum absolute atomic E-state index is 0.146. The second kappa shape index (κ2) is 7.83. The summed E-state index contributed by atoms with van der Waals surface area (Å²) in [6.45, 7) is 4.91. The maximum atomic E-state index is 12.7. The zero-order chi connectivity index (χ0) is 17.8. The van der Waals surface area contributed by atoms with E-state index >= 15 is 0 Å². The number of nitrogens with one attached hydrogen (secondary N) is 1. The van der Waals surface area contributed by atoms with Crippen LogP contribution in [0.25, 0.3) is 11.3 Å². The molecule has 1 aromatic carbocycles. The number of piperidine rings is 1. The Morgan fingerprint density at radius 2 is 1.88 bits per heavy atom. The predicted octanol–water partition coefficient (Wildman–Crippen LogP) is 1.79. The molecule has 2 fully saturated rings. The van der Waals surface area contributed by atoms with E-state index in [0.29, 0.717) is 5.91 Å². The summed E-state index contributed by atoms with van der Waals surface area (Å²) in [5.41, 5.74) is 2.03. The van der Waals surface area contributed by atoms with Crippen LogP contribution in [0.15, 0.2) is 42.6 Å². The lowest BCUT2D eigenvalue weighted by Crippen LogP contribution is -2.52. The second-order valence-corrected chi connectivity index (χ2v) is 6.96. The van der Waals surface area contributed by atoms with Crippen LogP contribution in [0, 0.1) is 5.92 Å². The van der Waals surface area contributed by atoms with Crippen molar-refractivity contribution in [3.05, 3.63) is 42.6 Å². The lowest BCUT2D eigenvalue weighted by Gasteiger charge is -2.37. The van der Waals surface area contributed by atoms with E-state index in [-0.39, 0.29) is 5.92 Å². The molecular formula is C20H25N5O. The van der Waals surface area contributed by atoms with Gasteiger partial charge in [0, 0.05) is 44.5 Å². The Kier molecular flexibility index (Phi) is 5.11. The highest BCUT2D eigenvalue weighted by atomic mass is 16.2. The minimum Gasteiger partial charge on any atom is -0.339 e. The van der Waals surface area contributed by atoms with E-state index in [1.165, 1.54) is 0 Å². The van der Waals surface area contributed by atoms with Gasteiger partial charge in [-0.1, -0.05) is 30.3 Å². The largest absolute Gasteiger partial charge is 0.339 e. The summed E-state index contributed by atoms with van der Waals surface area (Å²) < 4.78 is 0. The van der Waals surface area contributed by atoms with Crippen LogP contribution >= 0.6 is 0 Å². The van der Waals surface area contributed by atoms with E-state index in [1.54, 1.807) is 0 Å². The SMILES string of the molecule is O=C([C@@H]1CCCNC1)N1CCN(c2nccc(-c3ccccc3)n2)CC1. The minimum atomic E-state index is 0.146. The fourth-order valence-electron chi connectivity index (χ4n) is 3.72. The highest BCUT2D eigenvalue weighted by molar-refractivity contribution is 5.79. The fraction of sp³-hybridized carbons (Fsp3) is 0.450. The van der Waals surface area contributed by atoms with E-state index in [4.69, 9.17) is 4.98 Å². The number of rotatable bonds is 3. The lowest BCUT2D eigenvalue weighted by molar-refractivity contribution is -0.136. The summed E-state index contributed by atoms with van der Waals surface area (Å²) in [4.78, 5) is 26.0. The Labute approximate surface area is 154 Å². The van der Waals surface area contributed by atoms with Crippen LogP contribution in [0.2, 0.25) is 0 Å². The molecule has 2 aliphatic rings. The van der Waals surface area contributed by atoms with Gasteiger partial charge in [0.2, 0.25) is 11.9 Å². The number of nitrogens with zero attached hydrogens (tertiary/aromatic N) is 4. The first kappa shape index (κ1) is 17.0. The zero-order valence-electron chi connectivity index (χ0n) is 15.0. The average molecular weight is 351 g/mol. The third-order valence-corrected chi connectivity index (χ3v) is 5.23. The lowest BCUT2D eigenvalue weighted by atomic mass is 9.98. The van der Waals surface area contributed by atoms with Crippen LogP contribution in [-0.4, -0.2) is 60.0 Å². The van der Waals surface area contributed by atoms with Crippen molar-refractivity contribution in [1.82, 2.24) is 20.2 Å². The fourth-order valence-corrected chi connectivity index (χ4v) is 3.72. The molecule has 2 saturated heterocycles. The number of benzene rings is 1. The quantitative estimate of drug-likeness (QED) is 0.914. The molecule has 2 aliphatic heterocycles. The van der Waals surface area contributed by atoms with Crippen molar-refractivity contribution in [3.8, 4) is 11.3 Å². The van der Waals surface area contributed by atoms with Crippen molar-refractivity contribution in [2.75, 3.05) is 44.2 Å². The Morgan fingerprint density at radius 3 is 2.62 bits per heavy atom. The number of carbonyl (C=O) groups is 1. The molecule has 0 spiro atoms. The zero-order valence-corrected chi connectivity index (χ0v) is 15.0. The predicted molar refractivity (Wildman–Crippen MR) is 102 cm³/mol. The summed E-state index contributed by atoms with van der Waals surface area (Å²) in [5.74, 6) is 1.20. The van der Waals surface area contributed by atoms with Gasteiger partial charge in [0.15, 0.2) is 0 Å². The molecule has 0 bridgehead atoms. The van der Waals surface area contributed by atoms with E-state index in [1.807, 2.05) is 35.4 Å². The maximum Gasteiger partial charge on any atom is 0.227 e. The molecule has 3 heterocycles. The number of amides is 1. The van der Waals surface area contributed by atoms with E-state index in [2.05, 4.69) is 27.3 Å². The first-order valence-electron chi connectivity index (χ1n) is 9.44. The summed E-state index contributed by atoms with van der Waals surface area (Å²) in [7, 11) is 0. The number of hydrogen-bond acceptors (Lipinski definition) is 5. The van der Waals surface area contributed by atoms with Gasteiger partial charge < -0.3 is 15.1 Å². The van der Waals surface area contributed by atoms with Crippen molar-refractivity contribution < 1.29 is 4.79 Å². The van der Waals surface area contributed by atoms with Crippen molar-refractivity contribution >= 4 is 11.9 Å². The highest BCUT2D eigenvalue weighted by Crippen LogP contribution is 2.20. The van der Waals surface area contributed by atoms with Crippen LogP contribution in [0.4, 0.5) is 5.95 Å². The standard InChI is InChI=1S/C20H25N5O/c26-19(17-7-4-9-21-15-17)24-11-13-25(14-12-24)20-22-10-8-18(23-20)16-5-2-1-3-6-16/h1-3,5-6,8,10,17,21H,4,7,9,11-15H2/t17-/m1/s1. The number of anilines is 1. The number of carbonyl (C=O) groups excluding carboxylic acids is 1. The molecule has 6 nitrogen and oxygen atoms in total. The van der Waals surface area contributed by atoms with Gasteiger partial charge in [0.25, 0.3) is 0 Å². The summed E-state index contributed by atoms with van der Waals surface area (Å²) >= 11 is 0. The van der Waals surface area contributed by atoms with Crippen molar-refractivity contribution in [1.29, 1.82) is 0 Å². The van der Waals surface area contributed by atoms with Gasteiger partial charge in [-0.15, -0.1) is 0 Å². The first-order valence-corrected chi connectivity index (χ1v) is 9.44. The summed E-state index contributed by atoms with van der Waals surface area (Å²) in [6.07, 6.45) is 3.92. The van der Waals surface area contributed by atoms with Crippen LogP contribution in [-0.2, 0) is 4.79 Å². The third-order valence-electron chi connectivity index (χ3n) is 5.23. The van der Waals surface area contributed by atoms with Gasteiger partial charge in [0.05, 0.1) is 11.6 Å². The van der Waals surface area contributed by atoms with Crippen LogP contribution in [0.3, 0.4) is 0 Å². The van der Waals surface area contributed by atoms with Gasteiger partial charge in [-0.3, -0.25) is 4.79 Å². The number of aromatic nitrogens is 2. The van der Waals surface area contributed by atoms with E-state index in [0.717, 1.165) is 69.3 Å². The van der Waals surface area contributed by atoms with E-state index < -0.39 is 0 Å². The van der Waals surface area contributed by atoms with Crippen molar-refractivity contribution in [2.45, 2.75) is 12.8 Å². The molecule has 1 aromatic heterocycles. The Morgan fingerprint density at radius 1 is 1.08 bits per heavy atom. The molecule has 0 radical (unpaired) electrons. The average Bonchev–Trinajstić information content (AvgIpc) is 2.75. The molecule has 1 atom stereocenters. The van der Waals surface area contributed by atoms with E-state index in [9.17, 15) is 4.79 Å². The monoisotopic (exact) mass is 351 g/mol. The molecule has 2 aromatic rings. The molecular weight excluding hydrogens is 326 g/mol. The number of hydrogen-bond donors (Lipinski definition) is 1. The molecule has 4 rings (SSSR count). The Bertz CT molecular complexity index is 737. The van der Waals surface area contributed by atoms with Gasteiger partial charge in [-0.2, -0.15) is 0 Å². The van der Waals surface area contributed by atoms with Crippen molar-refractivity contribution in [2.24, 2.45) is 5.92 Å². The van der Waals surface area contributed by atoms with Crippen molar-refractivity contribution in [3.63, 3.8) is 0 Å². The smallest absolute Gasteiger partial charge is 0.227 e. The highest BCUT2D eigenvalue weighted by Gasteiger charge is 2.29. The molecule has 0 saturated carbocycles. The third kappa shape index (κ3) is 3.70. The molecule has 26 heavy (non-hydrogen) atoms. The first-order chi connectivity index (χ1) is 12.8. The van der Waals surface area contributed by atoms with Crippen LogP contribution in [0.5, 0.6) is 0 Å². The van der Waals surface area contributed by atoms with Gasteiger partial charge >= 0.3 is 0 Å².